The van der Waals surface area contributed by atoms with E-state index in [2.05, 4.69) is 25.4 Å². The molecule has 26 heavy (non-hydrogen) atoms. The van der Waals surface area contributed by atoms with Crippen LogP contribution < -0.4 is 5.32 Å². The number of morpholine rings is 1. The molecule has 1 atom stereocenters. The number of hydrogen-bond acceptors (Lipinski definition) is 6. The number of amides is 2. The Morgan fingerprint density at radius 3 is 2.88 bits per heavy atom. The van der Waals surface area contributed by atoms with Gasteiger partial charge in [-0.25, -0.2) is 4.98 Å². The number of aryl methyl sites for hydroxylation is 1. The maximum absolute atomic E-state index is 12.4. The van der Waals surface area contributed by atoms with E-state index < -0.39 is 0 Å². The van der Waals surface area contributed by atoms with Crippen molar-refractivity contribution in [1.82, 2.24) is 30.3 Å². The predicted molar refractivity (Wildman–Crippen MR) is 94.1 cm³/mol. The van der Waals surface area contributed by atoms with Crippen LogP contribution in [0.15, 0.2) is 0 Å². The van der Waals surface area contributed by atoms with E-state index in [1.807, 2.05) is 11.8 Å². The number of nitrogens with one attached hydrogen (secondary N) is 2. The van der Waals surface area contributed by atoms with E-state index in [1.165, 1.54) is 0 Å². The van der Waals surface area contributed by atoms with Gasteiger partial charge in [0.25, 0.3) is 0 Å². The molecule has 2 aliphatic rings. The van der Waals surface area contributed by atoms with Crippen molar-refractivity contribution in [3.63, 3.8) is 0 Å². The van der Waals surface area contributed by atoms with Crippen LogP contribution in [0.1, 0.15) is 30.9 Å². The number of H-pyrrole nitrogens is 1. The van der Waals surface area contributed by atoms with E-state index >= 15 is 0 Å². The highest BCUT2D eigenvalue weighted by atomic mass is 16.5. The van der Waals surface area contributed by atoms with Crippen LogP contribution in [0.3, 0.4) is 0 Å². The average Bonchev–Trinajstić information content (AvgIpc) is 3.07. The monoisotopic (exact) mass is 364 g/mol. The molecule has 9 heteroatoms. The fourth-order valence-corrected chi connectivity index (χ4v) is 3.43. The van der Waals surface area contributed by atoms with Gasteiger partial charge in [-0.05, 0) is 19.8 Å². The standard InChI is InChI=1S/C17H28N6O3/c1-13-19-15(21-20-13)11-18-17(25)14-3-4-16(24)23(12-14)6-2-5-22-7-9-26-10-8-22/h14H,2-12H2,1H3,(H,18,25)(H,19,20,21). The molecule has 2 N–H and O–H groups in total. The number of carbonyl (C=O) groups excluding carboxylic acids is 2. The second kappa shape index (κ2) is 9.09. The SMILES string of the molecule is Cc1nc(CNC(=O)C2CCC(=O)N(CCCN3CCOCC3)C2)n[nH]1. The van der Waals surface area contributed by atoms with Crippen LogP contribution in [0.4, 0.5) is 0 Å². The van der Waals surface area contributed by atoms with Gasteiger partial charge in [0.2, 0.25) is 11.8 Å². The number of hydrogen-bond donors (Lipinski definition) is 2. The van der Waals surface area contributed by atoms with Crippen LogP contribution in [0, 0.1) is 12.8 Å². The van der Waals surface area contributed by atoms with Gasteiger partial charge in [-0.1, -0.05) is 0 Å². The van der Waals surface area contributed by atoms with E-state index in [1.54, 1.807) is 0 Å². The highest BCUT2D eigenvalue weighted by Gasteiger charge is 2.30. The average molecular weight is 364 g/mol. The number of piperidine rings is 1. The van der Waals surface area contributed by atoms with Gasteiger partial charge in [0.05, 0.1) is 25.7 Å². The second-order valence-electron chi connectivity index (χ2n) is 6.94. The fraction of sp³-hybridized carbons (Fsp3) is 0.765. The Morgan fingerprint density at radius 2 is 2.15 bits per heavy atom. The maximum atomic E-state index is 12.4. The van der Waals surface area contributed by atoms with Gasteiger partial charge in [-0.3, -0.25) is 19.6 Å². The third-order valence-electron chi connectivity index (χ3n) is 4.94. The first-order chi connectivity index (χ1) is 12.6. The van der Waals surface area contributed by atoms with Crippen LogP contribution in [-0.4, -0.2) is 82.7 Å². The van der Waals surface area contributed by atoms with E-state index in [4.69, 9.17) is 4.74 Å². The summed E-state index contributed by atoms with van der Waals surface area (Å²) in [5.74, 6) is 1.27. The molecule has 0 spiro atoms. The molecule has 0 radical (unpaired) electrons. The second-order valence-corrected chi connectivity index (χ2v) is 6.94. The molecule has 1 unspecified atom stereocenters. The van der Waals surface area contributed by atoms with Crippen molar-refractivity contribution in [3.8, 4) is 0 Å². The molecule has 144 valence electrons. The molecule has 0 aromatic carbocycles. The quantitative estimate of drug-likeness (QED) is 0.688. The number of nitrogens with zero attached hydrogens (tertiary/aromatic N) is 4. The zero-order chi connectivity index (χ0) is 18.4. The first-order valence-electron chi connectivity index (χ1n) is 9.35. The number of ether oxygens (including phenoxy) is 1. The van der Waals surface area contributed by atoms with Gasteiger partial charge in [-0.15, -0.1) is 0 Å². The van der Waals surface area contributed by atoms with Crippen molar-refractivity contribution in [2.24, 2.45) is 5.92 Å². The third-order valence-corrected chi connectivity index (χ3v) is 4.94. The smallest absolute Gasteiger partial charge is 0.225 e. The van der Waals surface area contributed by atoms with Crippen molar-refractivity contribution >= 4 is 11.8 Å². The fourth-order valence-electron chi connectivity index (χ4n) is 3.43. The van der Waals surface area contributed by atoms with E-state index in [0.29, 0.717) is 38.3 Å². The minimum Gasteiger partial charge on any atom is -0.379 e. The maximum Gasteiger partial charge on any atom is 0.225 e. The van der Waals surface area contributed by atoms with Crippen LogP contribution in [-0.2, 0) is 20.9 Å². The van der Waals surface area contributed by atoms with Crippen molar-refractivity contribution in [2.75, 3.05) is 45.9 Å². The number of aromatic amines is 1. The lowest BCUT2D eigenvalue weighted by Crippen LogP contribution is -2.46. The Hall–Kier alpha value is -2.00. The molecule has 0 bridgehead atoms. The molecule has 3 rings (SSSR count). The number of rotatable bonds is 7. The van der Waals surface area contributed by atoms with Crippen LogP contribution in [0.25, 0.3) is 0 Å². The van der Waals surface area contributed by atoms with Crippen molar-refractivity contribution in [3.05, 3.63) is 11.6 Å². The summed E-state index contributed by atoms with van der Waals surface area (Å²) in [5, 5.41) is 9.65. The molecular formula is C17H28N6O3. The first kappa shape index (κ1) is 18.8. The van der Waals surface area contributed by atoms with Crippen LogP contribution in [0.2, 0.25) is 0 Å². The zero-order valence-electron chi connectivity index (χ0n) is 15.4. The Kier molecular flexibility index (Phi) is 6.56. The lowest BCUT2D eigenvalue weighted by Gasteiger charge is -2.33. The van der Waals surface area contributed by atoms with Crippen LogP contribution in [0.5, 0.6) is 0 Å². The molecule has 1 aromatic heterocycles. The molecule has 2 saturated heterocycles. The van der Waals surface area contributed by atoms with Gasteiger partial charge in [0, 0.05) is 39.1 Å². The zero-order valence-corrected chi connectivity index (χ0v) is 15.4. The minimum atomic E-state index is -0.156. The van der Waals surface area contributed by atoms with Crippen molar-refractivity contribution in [1.29, 1.82) is 0 Å². The number of carbonyl (C=O) groups is 2. The minimum absolute atomic E-state index is 0.0295. The molecule has 2 fully saturated rings. The summed E-state index contributed by atoms with van der Waals surface area (Å²) in [4.78, 5) is 33.0. The summed E-state index contributed by atoms with van der Waals surface area (Å²) in [7, 11) is 0. The number of aromatic nitrogens is 3. The van der Waals surface area contributed by atoms with Crippen molar-refractivity contribution in [2.45, 2.75) is 32.7 Å². The van der Waals surface area contributed by atoms with Gasteiger partial charge in [0.15, 0.2) is 5.82 Å². The molecule has 0 aliphatic carbocycles. The van der Waals surface area contributed by atoms with Crippen LogP contribution >= 0.6 is 0 Å². The summed E-state index contributed by atoms with van der Waals surface area (Å²) in [6.07, 6.45) is 1.98. The summed E-state index contributed by atoms with van der Waals surface area (Å²) >= 11 is 0. The summed E-state index contributed by atoms with van der Waals surface area (Å²) in [6, 6.07) is 0. The lowest BCUT2D eigenvalue weighted by molar-refractivity contribution is -0.138. The summed E-state index contributed by atoms with van der Waals surface area (Å²) < 4.78 is 5.35. The normalized spacial score (nSPS) is 21.8. The first-order valence-corrected chi connectivity index (χ1v) is 9.35. The Bertz CT molecular complexity index is 613. The third kappa shape index (κ3) is 5.25. The van der Waals surface area contributed by atoms with E-state index in [0.717, 1.165) is 45.1 Å². The Morgan fingerprint density at radius 1 is 1.35 bits per heavy atom. The summed E-state index contributed by atoms with van der Waals surface area (Å²) in [6.45, 7) is 7.80. The molecule has 0 saturated carbocycles. The predicted octanol–water partition coefficient (Wildman–Crippen LogP) is -0.310. The van der Waals surface area contributed by atoms with Gasteiger partial charge in [-0.2, -0.15) is 5.10 Å². The Balaban J connectivity index is 1.41. The molecule has 2 amide bonds. The molecule has 1 aromatic rings. The van der Waals surface area contributed by atoms with E-state index in [-0.39, 0.29) is 17.7 Å². The van der Waals surface area contributed by atoms with Crippen molar-refractivity contribution < 1.29 is 14.3 Å². The highest BCUT2D eigenvalue weighted by Crippen LogP contribution is 2.18. The van der Waals surface area contributed by atoms with Gasteiger partial charge >= 0.3 is 0 Å². The van der Waals surface area contributed by atoms with Gasteiger partial charge < -0.3 is 15.0 Å². The molecule has 2 aliphatic heterocycles. The number of likely N-dealkylation sites (tertiary alicyclic amines) is 1. The topological polar surface area (TPSA) is 103 Å². The largest absolute Gasteiger partial charge is 0.379 e. The Labute approximate surface area is 153 Å². The molecular weight excluding hydrogens is 336 g/mol. The molecule has 9 nitrogen and oxygen atoms in total. The van der Waals surface area contributed by atoms with Gasteiger partial charge in [0.1, 0.15) is 5.82 Å². The summed E-state index contributed by atoms with van der Waals surface area (Å²) in [5.41, 5.74) is 0. The lowest BCUT2D eigenvalue weighted by atomic mass is 9.96. The van der Waals surface area contributed by atoms with E-state index in [9.17, 15) is 9.59 Å². The highest BCUT2D eigenvalue weighted by molar-refractivity contribution is 5.83. The molecule has 3 heterocycles.